The third-order valence-electron chi connectivity index (χ3n) is 7.69. The molecule has 1 spiro atoms. The number of allylic oxidation sites excluding steroid dienone is 1. The van der Waals surface area contributed by atoms with Gasteiger partial charge in [-0.3, -0.25) is 4.90 Å². The van der Waals surface area contributed by atoms with Gasteiger partial charge >= 0.3 is 0 Å². The Bertz CT molecular complexity index is 799. The standard InChI is InChI=1S/C22H27NO3/c1-24-17-7-5-14-11-16-15-6-8-18(25-2)21-22(15,19(14)20(17)26-21)9-10-23(16)12-13-3-4-13/h5,7-8,13,15-16,21H,3-4,6,9-12H2,1-2H3/t15?,16-,21+,22+/m0/s1. The Balaban J connectivity index is 1.53. The van der Waals surface area contributed by atoms with E-state index in [0.29, 0.717) is 12.0 Å². The highest BCUT2D eigenvalue weighted by molar-refractivity contribution is 5.62. The van der Waals surface area contributed by atoms with Gasteiger partial charge in [0.1, 0.15) is 5.76 Å². The Hall–Kier alpha value is -1.68. The van der Waals surface area contributed by atoms with Crippen LogP contribution in [0.3, 0.4) is 0 Å². The van der Waals surface area contributed by atoms with Gasteiger partial charge in [0.15, 0.2) is 17.6 Å². The number of hydrogen-bond donors (Lipinski definition) is 0. The predicted octanol–water partition coefficient (Wildman–Crippen LogP) is 3.28. The molecule has 0 amide bonds. The van der Waals surface area contributed by atoms with Crippen molar-refractivity contribution in [3.63, 3.8) is 0 Å². The summed E-state index contributed by atoms with van der Waals surface area (Å²) >= 11 is 0. The normalized spacial score (nSPS) is 36.8. The molecule has 1 aromatic rings. The van der Waals surface area contributed by atoms with Crippen molar-refractivity contribution in [3.8, 4) is 11.5 Å². The van der Waals surface area contributed by atoms with Crippen molar-refractivity contribution in [2.45, 2.75) is 49.7 Å². The number of piperidine rings is 1. The van der Waals surface area contributed by atoms with Crippen LogP contribution in [0.2, 0.25) is 0 Å². The molecule has 2 fully saturated rings. The molecule has 4 heteroatoms. The fraction of sp³-hybridized carbons (Fsp3) is 0.636. The summed E-state index contributed by atoms with van der Waals surface area (Å²) in [5, 5.41) is 0. The van der Waals surface area contributed by atoms with Gasteiger partial charge in [-0.1, -0.05) is 6.07 Å². The van der Waals surface area contributed by atoms with Crippen molar-refractivity contribution in [2.75, 3.05) is 27.3 Å². The Morgan fingerprint density at radius 1 is 1.23 bits per heavy atom. The molecule has 6 rings (SSSR count). The lowest BCUT2D eigenvalue weighted by molar-refractivity contribution is -0.0376. The molecule has 0 N–H and O–H groups in total. The number of methoxy groups -OCH3 is 2. The average Bonchev–Trinajstić information content (AvgIpc) is 3.41. The van der Waals surface area contributed by atoms with Gasteiger partial charge in [-0.15, -0.1) is 0 Å². The molecule has 2 heterocycles. The van der Waals surface area contributed by atoms with Crippen LogP contribution < -0.4 is 9.47 Å². The van der Waals surface area contributed by atoms with Crippen LogP contribution in [-0.4, -0.2) is 44.4 Å². The zero-order chi connectivity index (χ0) is 17.5. The van der Waals surface area contributed by atoms with E-state index in [1.165, 1.54) is 43.5 Å². The third-order valence-corrected chi connectivity index (χ3v) is 7.69. The molecule has 1 unspecified atom stereocenters. The van der Waals surface area contributed by atoms with Crippen molar-refractivity contribution in [3.05, 3.63) is 35.1 Å². The van der Waals surface area contributed by atoms with Crippen LogP contribution in [0.25, 0.3) is 0 Å². The van der Waals surface area contributed by atoms with Crippen molar-refractivity contribution in [2.24, 2.45) is 11.8 Å². The number of hydrogen-bond acceptors (Lipinski definition) is 4. The predicted molar refractivity (Wildman–Crippen MR) is 98.7 cm³/mol. The zero-order valence-corrected chi connectivity index (χ0v) is 15.7. The third kappa shape index (κ3) is 1.79. The Kier molecular flexibility index (Phi) is 3.07. The molecule has 2 aliphatic heterocycles. The van der Waals surface area contributed by atoms with Gasteiger partial charge in [0, 0.05) is 23.6 Å². The first kappa shape index (κ1) is 15.4. The van der Waals surface area contributed by atoms with Crippen LogP contribution in [0.4, 0.5) is 0 Å². The van der Waals surface area contributed by atoms with Crippen molar-refractivity contribution in [1.82, 2.24) is 4.90 Å². The number of benzene rings is 1. The monoisotopic (exact) mass is 353 g/mol. The minimum atomic E-state index is 0.0159. The van der Waals surface area contributed by atoms with Crippen LogP contribution >= 0.6 is 0 Å². The quantitative estimate of drug-likeness (QED) is 0.831. The second-order valence-electron chi connectivity index (χ2n) is 8.78. The average molecular weight is 353 g/mol. The second kappa shape index (κ2) is 5.19. The molecule has 3 aliphatic carbocycles. The van der Waals surface area contributed by atoms with Crippen LogP contribution in [0.15, 0.2) is 24.0 Å². The molecule has 1 saturated carbocycles. The molecule has 5 aliphatic rings. The first-order valence-corrected chi connectivity index (χ1v) is 10.1. The molecule has 4 atom stereocenters. The first-order valence-electron chi connectivity index (χ1n) is 10.1. The highest BCUT2D eigenvalue weighted by Crippen LogP contribution is 2.64. The number of ether oxygens (including phenoxy) is 3. The maximum absolute atomic E-state index is 6.60. The maximum atomic E-state index is 6.60. The van der Waals surface area contributed by atoms with E-state index < -0.39 is 0 Å². The van der Waals surface area contributed by atoms with Gasteiger partial charge in [0.25, 0.3) is 0 Å². The number of likely N-dealkylation sites (tertiary alicyclic amines) is 1. The van der Waals surface area contributed by atoms with Crippen LogP contribution in [-0.2, 0) is 16.6 Å². The Labute approximate surface area is 155 Å². The van der Waals surface area contributed by atoms with Crippen LogP contribution in [0.5, 0.6) is 11.5 Å². The summed E-state index contributed by atoms with van der Waals surface area (Å²) in [5.41, 5.74) is 2.99. The van der Waals surface area contributed by atoms with Gasteiger partial charge in [0.2, 0.25) is 0 Å². The van der Waals surface area contributed by atoms with Gasteiger partial charge in [-0.05, 0) is 68.2 Å². The second-order valence-corrected chi connectivity index (χ2v) is 8.78. The topological polar surface area (TPSA) is 30.9 Å². The summed E-state index contributed by atoms with van der Waals surface area (Å²) in [6.45, 7) is 2.48. The minimum absolute atomic E-state index is 0.0159. The van der Waals surface area contributed by atoms with E-state index in [2.05, 4.69) is 23.1 Å². The summed E-state index contributed by atoms with van der Waals surface area (Å²) in [7, 11) is 3.53. The lowest BCUT2D eigenvalue weighted by Crippen LogP contribution is -2.64. The molecule has 2 bridgehead atoms. The van der Waals surface area contributed by atoms with E-state index in [9.17, 15) is 0 Å². The molecule has 1 saturated heterocycles. The SMILES string of the molecule is COC1=CCC2[C@@H]3Cc4ccc(OC)c5c4[C@]2(CCN3CC2CC2)[C@@H]1O5. The number of rotatable bonds is 4. The molecule has 1 aromatic carbocycles. The molecule has 0 aromatic heterocycles. The van der Waals surface area contributed by atoms with Gasteiger partial charge in [-0.25, -0.2) is 0 Å². The highest BCUT2D eigenvalue weighted by atomic mass is 16.6. The zero-order valence-electron chi connectivity index (χ0n) is 15.7. The van der Waals surface area contributed by atoms with E-state index in [1.807, 2.05) is 0 Å². The maximum Gasteiger partial charge on any atom is 0.166 e. The lowest BCUT2D eigenvalue weighted by atomic mass is 9.53. The largest absolute Gasteiger partial charge is 0.497 e. The Morgan fingerprint density at radius 2 is 2.12 bits per heavy atom. The van der Waals surface area contributed by atoms with Gasteiger partial charge in [-0.2, -0.15) is 0 Å². The molecule has 0 radical (unpaired) electrons. The fourth-order valence-electron chi connectivity index (χ4n) is 6.41. The van der Waals surface area contributed by atoms with Gasteiger partial charge in [0.05, 0.1) is 14.2 Å². The molecular weight excluding hydrogens is 326 g/mol. The van der Waals surface area contributed by atoms with Crippen LogP contribution in [0.1, 0.15) is 36.8 Å². The smallest absolute Gasteiger partial charge is 0.166 e. The summed E-state index contributed by atoms with van der Waals surface area (Å²) in [6, 6.07) is 5.02. The Morgan fingerprint density at radius 3 is 2.88 bits per heavy atom. The first-order chi connectivity index (χ1) is 12.8. The fourth-order valence-corrected chi connectivity index (χ4v) is 6.41. The lowest BCUT2D eigenvalue weighted by Gasteiger charge is -2.57. The van der Waals surface area contributed by atoms with E-state index in [4.69, 9.17) is 14.2 Å². The molecule has 4 nitrogen and oxygen atoms in total. The van der Waals surface area contributed by atoms with Crippen LogP contribution in [0, 0.1) is 11.8 Å². The molecular formula is C22H27NO3. The van der Waals surface area contributed by atoms with E-state index >= 15 is 0 Å². The minimum Gasteiger partial charge on any atom is -0.497 e. The van der Waals surface area contributed by atoms with Gasteiger partial charge < -0.3 is 14.2 Å². The number of nitrogens with zero attached hydrogens (tertiary/aromatic N) is 1. The summed E-state index contributed by atoms with van der Waals surface area (Å²) < 4.78 is 18.1. The van der Waals surface area contributed by atoms with E-state index in [1.54, 1.807) is 14.2 Å². The summed E-state index contributed by atoms with van der Waals surface area (Å²) in [5.74, 6) is 4.45. The molecule has 26 heavy (non-hydrogen) atoms. The highest BCUT2D eigenvalue weighted by Gasteiger charge is 2.65. The van der Waals surface area contributed by atoms with Crippen molar-refractivity contribution in [1.29, 1.82) is 0 Å². The van der Waals surface area contributed by atoms with E-state index in [-0.39, 0.29) is 11.5 Å². The van der Waals surface area contributed by atoms with Crippen molar-refractivity contribution < 1.29 is 14.2 Å². The van der Waals surface area contributed by atoms with E-state index in [0.717, 1.165) is 36.0 Å². The van der Waals surface area contributed by atoms with Crippen molar-refractivity contribution >= 4 is 0 Å². The summed E-state index contributed by atoms with van der Waals surface area (Å²) in [4.78, 5) is 2.81. The molecule has 138 valence electrons. The summed E-state index contributed by atoms with van der Waals surface area (Å²) in [6.07, 6.45) is 8.58.